The van der Waals surface area contributed by atoms with Gasteiger partial charge in [-0.15, -0.1) is 0 Å². The lowest BCUT2D eigenvalue weighted by molar-refractivity contribution is -0.137. The third-order valence-electron chi connectivity index (χ3n) is 4.06. The second-order valence-corrected chi connectivity index (χ2v) is 6.88. The summed E-state index contributed by atoms with van der Waals surface area (Å²) < 4.78 is 45.7. The molecule has 5 nitrogen and oxygen atoms in total. The Hall–Kier alpha value is -3.00. The fourth-order valence-corrected chi connectivity index (χ4v) is 2.74. The summed E-state index contributed by atoms with van der Waals surface area (Å²) in [7, 11) is 0. The molecule has 30 heavy (non-hydrogen) atoms. The highest BCUT2D eigenvalue weighted by Gasteiger charge is 2.35. The summed E-state index contributed by atoms with van der Waals surface area (Å²) in [6.45, 7) is 2.71. The van der Waals surface area contributed by atoms with Gasteiger partial charge in [-0.25, -0.2) is 4.98 Å². The molecule has 0 aliphatic rings. The number of halogens is 4. The van der Waals surface area contributed by atoms with Crippen molar-refractivity contribution >= 4 is 34.7 Å². The van der Waals surface area contributed by atoms with E-state index < -0.39 is 11.7 Å². The first-order valence-electron chi connectivity index (χ1n) is 9.32. The summed E-state index contributed by atoms with van der Waals surface area (Å²) in [6.07, 6.45) is -1.88. The fourth-order valence-electron chi connectivity index (χ4n) is 2.55. The molecule has 3 rings (SSSR count). The molecule has 0 spiro atoms. The number of hydrogen-bond acceptors (Lipinski definition) is 5. The van der Waals surface area contributed by atoms with Gasteiger partial charge in [0.25, 0.3) is 0 Å². The highest BCUT2D eigenvalue weighted by molar-refractivity contribution is 6.30. The number of anilines is 4. The van der Waals surface area contributed by atoms with E-state index in [1.54, 1.807) is 42.5 Å². The van der Waals surface area contributed by atoms with Crippen molar-refractivity contribution in [1.29, 1.82) is 0 Å². The van der Waals surface area contributed by atoms with Crippen molar-refractivity contribution in [3.8, 4) is 5.75 Å². The second-order valence-electron chi connectivity index (χ2n) is 6.44. The summed E-state index contributed by atoms with van der Waals surface area (Å²) in [6, 6.07) is 13.4. The van der Waals surface area contributed by atoms with Crippen molar-refractivity contribution in [3.63, 3.8) is 0 Å². The van der Waals surface area contributed by atoms with Crippen molar-refractivity contribution in [1.82, 2.24) is 9.97 Å². The van der Waals surface area contributed by atoms with Crippen LogP contribution in [0.3, 0.4) is 0 Å². The highest BCUT2D eigenvalue weighted by Crippen LogP contribution is 2.35. The predicted octanol–water partition coefficient (Wildman–Crippen LogP) is 6.81. The Bertz CT molecular complexity index is 981. The van der Waals surface area contributed by atoms with Crippen LogP contribution >= 0.6 is 11.6 Å². The van der Waals surface area contributed by atoms with Crippen LogP contribution in [0, 0.1) is 0 Å². The van der Waals surface area contributed by atoms with Gasteiger partial charge in [-0.05, 0) is 48.9 Å². The summed E-state index contributed by atoms with van der Waals surface area (Å²) in [4.78, 5) is 7.82. The van der Waals surface area contributed by atoms with Gasteiger partial charge in [0, 0.05) is 22.6 Å². The first-order valence-corrected chi connectivity index (χ1v) is 9.69. The van der Waals surface area contributed by atoms with Crippen LogP contribution < -0.4 is 15.4 Å². The SMILES string of the molecule is CCCCOc1ccc(Nc2ncc(C(F)(F)F)c(Nc3cccc(Cl)c3)n2)cc1. The van der Waals surface area contributed by atoms with Crippen LogP contribution in [0.4, 0.5) is 36.3 Å². The lowest BCUT2D eigenvalue weighted by Gasteiger charge is -2.15. The average molecular weight is 437 g/mol. The van der Waals surface area contributed by atoms with E-state index in [1.807, 2.05) is 0 Å². The summed E-state index contributed by atoms with van der Waals surface area (Å²) >= 11 is 5.91. The number of alkyl halides is 3. The van der Waals surface area contributed by atoms with Crippen LogP contribution in [0.5, 0.6) is 5.75 Å². The lowest BCUT2D eigenvalue weighted by Crippen LogP contribution is -2.12. The summed E-state index contributed by atoms with van der Waals surface area (Å²) in [5.74, 6) is 0.361. The maximum Gasteiger partial charge on any atom is 0.421 e. The maximum absolute atomic E-state index is 13.4. The number of ether oxygens (including phenoxy) is 1. The number of benzene rings is 2. The molecule has 0 atom stereocenters. The van der Waals surface area contributed by atoms with Crippen LogP contribution in [0.1, 0.15) is 25.3 Å². The molecular weight excluding hydrogens is 417 g/mol. The van der Waals surface area contributed by atoms with Gasteiger partial charge in [-0.1, -0.05) is 31.0 Å². The molecule has 0 bridgehead atoms. The van der Waals surface area contributed by atoms with E-state index in [1.165, 1.54) is 6.07 Å². The Morgan fingerprint density at radius 3 is 2.47 bits per heavy atom. The molecule has 2 N–H and O–H groups in total. The quantitative estimate of drug-likeness (QED) is 0.379. The molecule has 9 heteroatoms. The molecule has 0 saturated heterocycles. The van der Waals surface area contributed by atoms with E-state index >= 15 is 0 Å². The minimum Gasteiger partial charge on any atom is -0.494 e. The van der Waals surface area contributed by atoms with Gasteiger partial charge < -0.3 is 15.4 Å². The Morgan fingerprint density at radius 2 is 1.80 bits per heavy atom. The molecule has 3 aromatic rings. The Morgan fingerprint density at radius 1 is 1.03 bits per heavy atom. The zero-order valence-corrected chi connectivity index (χ0v) is 16.9. The number of hydrogen-bond donors (Lipinski definition) is 2. The average Bonchev–Trinajstić information content (AvgIpc) is 2.69. The van der Waals surface area contributed by atoms with Crippen LogP contribution in [0.25, 0.3) is 0 Å². The molecule has 0 fully saturated rings. The number of nitrogens with one attached hydrogen (secondary N) is 2. The van der Waals surface area contributed by atoms with Crippen LogP contribution in [-0.4, -0.2) is 16.6 Å². The molecule has 0 aliphatic carbocycles. The number of unbranched alkanes of at least 4 members (excludes halogenated alkanes) is 1. The van der Waals surface area contributed by atoms with Gasteiger partial charge in [0.15, 0.2) is 0 Å². The van der Waals surface area contributed by atoms with Crippen LogP contribution in [0.15, 0.2) is 54.7 Å². The molecule has 0 saturated carbocycles. The highest BCUT2D eigenvalue weighted by atomic mass is 35.5. The zero-order chi connectivity index (χ0) is 21.6. The van der Waals surface area contributed by atoms with Crippen molar-refractivity contribution < 1.29 is 17.9 Å². The smallest absolute Gasteiger partial charge is 0.421 e. The fraction of sp³-hybridized carbons (Fsp3) is 0.238. The number of aromatic nitrogens is 2. The molecular formula is C21H20ClF3N4O. The largest absolute Gasteiger partial charge is 0.494 e. The summed E-state index contributed by atoms with van der Waals surface area (Å²) in [5, 5.41) is 5.96. The van der Waals surface area contributed by atoms with Gasteiger partial charge in [-0.3, -0.25) is 0 Å². The van der Waals surface area contributed by atoms with E-state index in [0.717, 1.165) is 19.0 Å². The van der Waals surface area contributed by atoms with Crippen molar-refractivity contribution in [2.45, 2.75) is 25.9 Å². The third kappa shape index (κ3) is 6.00. The lowest BCUT2D eigenvalue weighted by atomic mass is 10.2. The van der Waals surface area contributed by atoms with E-state index in [0.29, 0.717) is 28.8 Å². The van der Waals surface area contributed by atoms with E-state index in [9.17, 15) is 13.2 Å². The normalized spacial score (nSPS) is 11.2. The zero-order valence-electron chi connectivity index (χ0n) is 16.1. The van der Waals surface area contributed by atoms with E-state index in [-0.39, 0.29) is 11.8 Å². The van der Waals surface area contributed by atoms with Crippen LogP contribution in [-0.2, 0) is 6.18 Å². The van der Waals surface area contributed by atoms with Crippen molar-refractivity contribution in [2.24, 2.45) is 0 Å². The third-order valence-corrected chi connectivity index (χ3v) is 4.29. The predicted molar refractivity (Wildman–Crippen MR) is 112 cm³/mol. The molecule has 1 heterocycles. The molecule has 0 radical (unpaired) electrons. The monoisotopic (exact) mass is 436 g/mol. The van der Waals surface area contributed by atoms with Gasteiger partial charge in [0.1, 0.15) is 17.1 Å². The Balaban J connectivity index is 1.80. The van der Waals surface area contributed by atoms with Crippen molar-refractivity contribution in [3.05, 3.63) is 65.3 Å². The standard InChI is InChI=1S/C21H20ClF3N4O/c1-2-3-11-30-17-9-7-15(8-10-17)28-20-26-13-18(21(23,24)25)19(29-20)27-16-6-4-5-14(22)12-16/h4-10,12-13H,2-3,11H2,1H3,(H2,26,27,28,29). The van der Waals surface area contributed by atoms with Gasteiger partial charge >= 0.3 is 6.18 Å². The number of rotatable bonds is 8. The summed E-state index contributed by atoms with van der Waals surface area (Å²) in [5.41, 5.74) is 0.0187. The van der Waals surface area contributed by atoms with E-state index in [2.05, 4.69) is 27.5 Å². The molecule has 158 valence electrons. The number of nitrogens with zero attached hydrogens (tertiary/aromatic N) is 2. The Kier molecular flexibility index (Phi) is 6.99. The van der Waals surface area contributed by atoms with E-state index in [4.69, 9.17) is 16.3 Å². The molecule has 1 aromatic heterocycles. The molecule has 2 aromatic carbocycles. The maximum atomic E-state index is 13.4. The molecule has 0 aliphatic heterocycles. The minimum absolute atomic E-state index is 0.0205. The first kappa shape index (κ1) is 21.7. The van der Waals surface area contributed by atoms with Gasteiger partial charge in [-0.2, -0.15) is 18.2 Å². The molecule has 0 amide bonds. The Labute approximate surface area is 177 Å². The minimum atomic E-state index is -4.61. The van der Waals surface area contributed by atoms with Gasteiger partial charge in [0.05, 0.1) is 6.61 Å². The molecule has 0 unspecified atom stereocenters. The first-order chi connectivity index (χ1) is 14.3. The van der Waals surface area contributed by atoms with Gasteiger partial charge in [0.2, 0.25) is 5.95 Å². The topological polar surface area (TPSA) is 59.1 Å². The second kappa shape index (κ2) is 9.67. The van der Waals surface area contributed by atoms with Crippen LogP contribution in [0.2, 0.25) is 5.02 Å². The van der Waals surface area contributed by atoms with Crippen molar-refractivity contribution in [2.75, 3.05) is 17.2 Å².